The summed E-state index contributed by atoms with van der Waals surface area (Å²) in [6, 6.07) is 10.2. The second-order valence-corrected chi connectivity index (χ2v) is 6.84. The van der Waals surface area contributed by atoms with Gasteiger partial charge in [-0.25, -0.2) is 13.6 Å². The third-order valence-corrected chi connectivity index (χ3v) is 4.49. The van der Waals surface area contributed by atoms with Crippen LogP contribution in [0.15, 0.2) is 47.4 Å². The zero-order valence-corrected chi connectivity index (χ0v) is 13.6. The summed E-state index contributed by atoms with van der Waals surface area (Å²) in [5.41, 5.74) is 0.559. The molecule has 0 aliphatic carbocycles. The van der Waals surface area contributed by atoms with Crippen LogP contribution >= 0.6 is 11.6 Å². The van der Waals surface area contributed by atoms with Crippen LogP contribution in [0.5, 0.6) is 0 Å². The van der Waals surface area contributed by atoms with E-state index in [2.05, 4.69) is 5.32 Å². The number of sulfonamides is 1. The molecule has 0 unspecified atom stereocenters. The SMILES string of the molecule is C[C@H](Nc1ccc(S(N)(=O)=O)cc1[N+](=O)[O-])c1ccccc1Cl. The Morgan fingerprint density at radius 1 is 1.26 bits per heavy atom. The molecule has 2 aromatic carbocycles. The highest BCUT2D eigenvalue weighted by molar-refractivity contribution is 7.89. The molecule has 2 aromatic rings. The van der Waals surface area contributed by atoms with Gasteiger partial charge in [0.05, 0.1) is 15.9 Å². The number of halogens is 1. The van der Waals surface area contributed by atoms with Crippen molar-refractivity contribution in [2.45, 2.75) is 17.9 Å². The lowest BCUT2D eigenvalue weighted by Gasteiger charge is -2.17. The molecule has 0 saturated heterocycles. The van der Waals surface area contributed by atoms with Crippen LogP contribution in [0.3, 0.4) is 0 Å². The summed E-state index contributed by atoms with van der Waals surface area (Å²) in [6.07, 6.45) is 0. The van der Waals surface area contributed by atoms with E-state index in [4.69, 9.17) is 16.7 Å². The molecule has 0 heterocycles. The van der Waals surface area contributed by atoms with Crippen LogP contribution in [0.4, 0.5) is 11.4 Å². The summed E-state index contributed by atoms with van der Waals surface area (Å²) in [6.45, 7) is 1.79. The van der Waals surface area contributed by atoms with Crippen LogP contribution in [0.1, 0.15) is 18.5 Å². The summed E-state index contributed by atoms with van der Waals surface area (Å²) >= 11 is 6.10. The standard InChI is InChI=1S/C14H14ClN3O4S/c1-9(11-4-2-3-5-12(11)15)17-13-7-6-10(23(16,21)22)8-14(13)18(19)20/h2-9,17H,1H3,(H2,16,21,22)/t9-/m0/s1. The maximum absolute atomic E-state index is 11.3. The minimum atomic E-state index is -4.02. The fourth-order valence-electron chi connectivity index (χ4n) is 2.10. The number of nitro groups is 1. The predicted octanol–water partition coefficient (Wildman–Crippen LogP) is 3.07. The number of primary sulfonamides is 1. The van der Waals surface area contributed by atoms with Crippen LogP contribution in [-0.2, 0) is 10.0 Å². The first-order valence-corrected chi connectivity index (χ1v) is 8.45. The molecule has 0 saturated carbocycles. The number of nitrogens with two attached hydrogens (primary N) is 1. The van der Waals surface area contributed by atoms with Crippen LogP contribution in [0, 0.1) is 10.1 Å². The Labute approximate surface area is 138 Å². The second kappa shape index (κ2) is 6.53. The number of nitrogens with one attached hydrogen (secondary N) is 1. The molecule has 0 aromatic heterocycles. The van der Waals surface area contributed by atoms with E-state index in [0.29, 0.717) is 5.02 Å². The van der Waals surface area contributed by atoms with Crippen LogP contribution in [-0.4, -0.2) is 13.3 Å². The second-order valence-electron chi connectivity index (χ2n) is 4.87. The predicted molar refractivity (Wildman–Crippen MR) is 88.0 cm³/mol. The van der Waals surface area contributed by atoms with Crippen molar-refractivity contribution in [2.24, 2.45) is 5.14 Å². The lowest BCUT2D eigenvalue weighted by molar-refractivity contribution is -0.384. The fourth-order valence-corrected chi connectivity index (χ4v) is 2.93. The maximum Gasteiger partial charge on any atom is 0.293 e. The van der Waals surface area contributed by atoms with Gasteiger partial charge >= 0.3 is 0 Å². The Balaban J connectivity index is 2.40. The highest BCUT2D eigenvalue weighted by Gasteiger charge is 2.21. The highest BCUT2D eigenvalue weighted by atomic mass is 35.5. The van der Waals surface area contributed by atoms with Crippen molar-refractivity contribution in [3.05, 3.63) is 63.2 Å². The van der Waals surface area contributed by atoms with Crippen molar-refractivity contribution >= 4 is 33.0 Å². The first-order valence-electron chi connectivity index (χ1n) is 6.52. The number of anilines is 1. The minimum Gasteiger partial charge on any atom is -0.373 e. The average Bonchev–Trinajstić information content (AvgIpc) is 2.46. The Hall–Kier alpha value is -2.16. The molecule has 7 nitrogen and oxygen atoms in total. The molecule has 0 radical (unpaired) electrons. The molecule has 0 aliphatic rings. The molecule has 9 heteroatoms. The normalized spacial score (nSPS) is 12.7. The van der Waals surface area contributed by atoms with Gasteiger partial charge in [0.15, 0.2) is 0 Å². The molecule has 3 N–H and O–H groups in total. The van der Waals surface area contributed by atoms with Crippen molar-refractivity contribution in [2.75, 3.05) is 5.32 Å². The topological polar surface area (TPSA) is 115 Å². The van der Waals surface area contributed by atoms with Crippen LogP contribution in [0.2, 0.25) is 5.02 Å². The van der Waals surface area contributed by atoms with Gasteiger partial charge in [-0.1, -0.05) is 29.8 Å². The number of hydrogen-bond donors (Lipinski definition) is 2. The molecule has 0 aliphatic heterocycles. The van der Waals surface area contributed by atoms with Crippen molar-refractivity contribution in [3.8, 4) is 0 Å². The van der Waals surface area contributed by atoms with Gasteiger partial charge in [-0.15, -0.1) is 0 Å². The third kappa shape index (κ3) is 3.98. The fraction of sp³-hybridized carbons (Fsp3) is 0.143. The lowest BCUT2D eigenvalue weighted by atomic mass is 10.1. The van der Waals surface area contributed by atoms with Gasteiger partial charge in [-0.3, -0.25) is 10.1 Å². The summed E-state index contributed by atoms with van der Waals surface area (Å²) in [5.74, 6) is 0. The van der Waals surface area contributed by atoms with Crippen LogP contribution < -0.4 is 10.5 Å². The molecular formula is C14H14ClN3O4S. The lowest BCUT2D eigenvalue weighted by Crippen LogP contribution is -2.13. The maximum atomic E-state index is 11.3. The van der Waals surface area contributed by atoms with Gasteiger partial charge in [0, 0.05) is 11.1 Å². The van der Waals surface area contributed by atoms with Crippen molar-refractivity contribution in [1.82, 2.24) is 0 Å². The first kappa shape index (κ1) is 17.2. The molecule has 0 fully saturated rings. The van der Waals surface area contributed by atoms with Gasteiger partial charge < -0.3 is 5.32 Å². The van der Waals surface area contributed by atoms with E-state index in [9.17, 15) is 18.5 Å². The van der Waals surface area contributed by atoms with Crippen molar-refractivity contribution in [3.63, 3.8) is 0 Å². The summed E-state index contributed by atoms with van der Waals surface area (Å²) in [4.78, 5) is 10.2. The van der Waals surface area contributed by atoms with Gasteiger partial charge in [-0.2, -0.15) is 0 Å². The monoisotopic (exact) mass is 355 g/mol. The molecule has 23 heavy (non-hydrogen) atoms. The van der Waals surface area contributed by atoms with E-state index in [-0.39, 0.29) is 22.3 Å². The van der Waals surface area contributed by atoms with E-state index in [1.807, 2.05) is 0 Å². The highest BCUT2D eigenvalue weighted by Crippen LogP contribution is 2.32. The quantitative estimate of drug-likeness (QED) is 0.631. The van der Waals surface area contributed by atoms with Gasteiger partial charge in [-0.05, 0) is 30.7 Å². The average molecular weight is 356 g/mol. The Kier molecular flexibility index (Phi) is 4.88. The Morgan fingerprint density at radius 2 is 1.91 bits per heavy atom. The first-order chi connectivity index (χ1) is 10.7. The molecule has 0 spiro atoms. The number of rotatable bonds is 5. The van der Waals surface area contributed by atoms with Gasteiger partial charge in [0.25, 0.3) is 5.69 Å². The third-order valence-electron chi connectivity index (χ3n) is 3.24. The summed E-state index contributed by atoms with van der Waals surface area (Å²) in [5, 5.41) is 19.7. The number of benzene rings is 2. The number of nitrogens with zero attached hydrogens (tertiary/aromatic N) is 1. The molecule has 122 valence electrons. The van der Waals surface area contributed by atoms with Gasteiger partial charge in [0.2, 0.25) is 10.0 Å². The van der Waals surface area contributed by atoms with Crippen molar-refractivity contribution in [1.29, 1.82) is 0 Å². The van der Waals surface area contributed by atoms with E-state index >= 15 is 0 Å². The molecule has 0 bridgehead atoms. The van der Waals surface area contributed by atoms with Crippen molar-refractivity contribution < 1.29 is 13.3 Å². The molecule has 1 atom stereocenters. The zero-order chi connectivity index (χ0) is 17.2. The molecular weight excluding hydrogens is 342 g/mol. The zero-order valence-electron chi connectivity index (χ0n) is 12.1. The Bertz CT molecular complexity index is 855. The smallest absolute Gasteiger partial charge is 0.293 e. The number of nitro benzene ring substituents is 1. The van der Waals surface area contributed by atoms with E-state index in [0.717, 1.165) is 11.6 Å². The Morgan fingerprint density at radius 3 is 2.48 bits per heavy atom. The van der Waals surface area contributed by atoms with E-state index in [1.165, 1.54) is 12.1 Å². The van der Waals surface area contributed by atoms with E-state index < -0.39 is 14.9 Å². The molecule has 2 rings (SSSR count). The van der Waals surface area contributed by atoms with E-state index in [1.54, 1.807) is 31.2 Å². The van der Waals surface area contributed by atoms with Crippen LogP contribution in [0.25, 0.3) is 0 Å². The van der Waals surface area contributed by atoms with Gasteiger partial charge in [0.1, 0.15) is 5.69 Å². The largest absolute Gasteiger partial charge is 0.373 e. The summed E-state index contributed by atoms with van der Waals surface area (Å²) in [7, 11) is -4.02. The summed E-state index contributed by atoms with van der Waals surface area (Å²) < 4.78 is 22.6. The number of hydrogen-bond acceptors (Lipinski definition) is 5. The molecule has 0 amide bonds. The minimum absolute atomic E-state index is 0.176.